The van der Waals surface area contributed by atoms with Gasteiger partial charge in [0.2, 0.25) is 5.91 Å². The first-order valence-electron chi connectivity index (χ1n) is 6.10. The Morgan fingerprint density at radius 2 is 2.11 bits per heavy atom. The third kappa shape index (κ3) is 2.01. The van der Waals surface area contributed by atoms with E-state index in [0.29, 0.717) is 10.7 Å². The number of fused-ring (bicyclic) bond motifs is 1. The molecule has 0 aliphatic carbocycles. The molecule has 0 spiro atoms. The average Bonchev–Trinajstić information content (AvgIpc) is 2.60. The maximum Gasteiger partial charge on any atom is 0.353 e. The second kappa shape index (κ2) is 4.42. The number of hydrogen-bond donors (Lipinski definition) is 2. The normalized spacial score (nSPS) is 28.2. The number of rotatable bonds is 4. The molecule has 1 fully saturated rings. The number of aliphatic hydroxyl groups is 1. The van der Waals surface area contributed by atoms with Crippen LogP contribution in [-0.4, -0.2) is 48.6 Å². The number of hydrogen-bond acceptors (Lipinski definition) is 4. The molecule has 0 radical (unpaired) electrons. The third-order valence-electron chi connectivity index (χ3n) is 3.62. The summed E-state index contributed by atoms with van der Waals surface area (Å²) >= 11 is 0. The van der Waals surface area contributed by atoms with E-state index >= 15 is 0 Å². The van der Waals surface area contributed by atoms with Gasteiger partial charge in [-0.1, -0.05) is 6.92 Å². The highest BCUT2D eigenvalue weighted by atomic mass is 32.2. The summed E-state index contributed by atoms with van der Waals surface area (Å²) in [6.45, 7) is 4.76. The van der Waals surface area contributed by atoms with E-state index in [0.717, 1.165) is 0 Å². The fourth-order valence-electron chi connectivity index (χ4n) is 2.82. The predicted molar refractivity (Wildman–Crippen MR) is 68.4 cm³/mol. The number of nitrogens with zero attached hydrogens (tertiary/aromatic N) is 1. The van der Waals surface area contributed by atoms with Gasteiger partial charge in [-0.15, -0.1) is 0 Å². The summed E-state index contributed by atoms with van der Waals surface area (Å²) < 4.78 is 11.9. The van der Waals surface area contributed by atoms with Crippen molar-refractivity contribution in [2.45, 2.75) is 38.8 Å². The number of carboxylic acids is 1. The molecule has 7 heteroatoms. The molecule has 6 nitrogen and oxygen atoms in total. The zero-order valence-electron chi connectivity index (χ0n) is 11.0. The predicted octanol–water partition coefficient (Wildman–Crippen LogP) is 0.0528. The van der Waals surface area contributed by atoms with Gasteiger partial charge >= 0.3 is 5.97 Å². The van der Waals surface area contributed by atoms with Gasteiger partial charge in [0.25, 0.3) is 0 Å². The van der Waals surface area contributed by atoms with Crippen molar-refractivity contribution in [1.82, 2.24) is 4.90 Å². The van der Waals surface area contributed by atoms with Crippen molar-refractivity contribution >= 4 is 22.7 Å². The molecule has 2 rings (SSSR count). The molecular formula is C12H17NO5S. The topological polar surface area (TPSA) is 94.9 Å². The van der Waals surface area contributed by atoms with E-state index in [1.54, 1.807) is 6.92 Å². The fourth-order valence-corrected chi connectivity index (χ4v) is 3.93. The maximum atomic E-state index is 12.0. The van der Waals surface area contributed by atoms with Crippen molar-refractivity contribution in [3.63, 3.8) is 0 Å². The lowest BCUT2D eigenvalue weighted by atomic mass is 9.76. The minimum Gasteiger partial charge on any atom is -0.477 e. The smallest absolute Gasteiger partial charge is 0.353 e. The first kappa shape index (κ1) is 14.2. The summed E-state index contributed by atoms with van der Waals surface area (Å²) in [6.07, 6.45) is 0.266. The summed E-state index contributed by atoms with van der Waals surface area (Å²) in [5.41, 5.74) is -1.36. The quantitative estimate of drug-likeness (QED) is 0.713. The molecular weight excluding hydrogens is 270 g/mol. The molecule has 2 aliphatic heterocycles. The van der Waals surface area contributed by atoms with Crippen LogP contribution in [0.25, 0.3) is 0 Å². The van der Waals surface area contributed by atoms with Crippen molar-refractivity contribution < 1.29 is 24.0 Å². The standard InChI is InChI=1S/C12H17NO5S/c1-4-19(18)7-5-6-8(12(2,3)17)10(14)13(6)9(7)11(15)16/h6,8,17H,4-5H2,1-3H3,(H,15,16)/t6-,8+,19?/m1/s1. The number of β-lactam (4-membered cyclic amide) rings is 1. The van der Waals surface area contributed by atoms with E-state index in [-0.39, 0.29) is 18.2 Å². The van der Waals surface area contributed by atoms with Crippen LogP contribution in [0.2, 0.25) is 0 Å². The molecule has 0 aromatic rings. The van der Waals surface area contributed by atoms with Crippen LogP contribution in [-0.2, 0) is 20.4 Å². The van der Waals surface area contributed by atoms with Gasteiger partial charge in [0.15, 0.2) is 0 Å². The lowest BCUT2D eigenvalue weighted by molar-refractivity contribution is -0.169. The number of carboxylic acid groups (broad SMARTS) is 1. The first-order valence-corrected chi connectivity index (χ1v) is 7.42. The minimum absolute atomic E-state index is 0.157. The molecule has 0 aromatic heterocycles. The second-order valence-corrected chi connectivity index (χ2v) is 7.08. The van der Waals surface area contributed by atoms with E-state index in [4.69, 9.17) is 0 Å². The summed E-state index contributed by atoms with van der Waals surface area (Å²) in [6, 6.07) is -0.385. The SMILES string of the molecule is CCS(=O)C1=C(C(=O)O)N2C(=O)[C@@H](C(C)(C)O)[C@H]2C1. The Bertz CT molecular complexity index is 505. The summed E-state index contributed by atoms with van der Waals surface area (Å²) in [5.74, 6) is -1.96. The fraction of sp³-hybridized carbons (Fsp3) is 0.667. The van der Waals surface area contributed by atoms with Crippen LogP contribution in [0.15, 0.2) is 10.6 Å². The molecule has 0 bridgehead atoms. The third-order valence-corrected chi connectivity index (χ3v) is 5.05. The van der Waals surface area contributed by atoms with Crippen molar-refractivity contribution in [1.29, 1.82) is 0 Å². The lowest BCUT2D eigenvalue weighted by Gasteiger charge is -2.48. The zero-order valence-corrected chi connectivity index (χ0v) is 11.9. The molecule has 1 saturated heterocycles. The van der Waals surface area contributed by atoms with Gasteiger partial charge in [0.1, 0.15) is 5.70 Å². The van der Waals surface area contributed by atoms with Crippen molar-refractivity contribution in [2.24, 2.45) is 5.92 Å². The van der Waals surface area contributed by atoms with Gasteiger partial charge in [-0.3, -0.25) is 9.00 Å². The van der Waals surface area contributed by atoms with Gasteiger partial charge in [-0.25, -0.2) is 4.79 Å². The Morgan fingerprint density at radius 1 is 1.53 bits per heavy atom. The van der Waals surface area contributed by atoms with Crippen LogP contribution < -0.4 is 0 Å². The van der Waals surface area contributed by atoms with Crippen LogP contribution in [0.3, 0.4) is 0 Å². The van der Waals surface area contributed by atoms with Crippen LogP contribution in [0, 0.1) is 5.92 Å². The van der Waals surface area contributed by atoms with Crippen molar-refractivity contribution in [3.05, 3.63) is 10.6 Å². The molecule has 2 N–H and O–H groups in total. The van der Waals surface area contributed by atoms with E-state index in [9.17, 15) is 24.0 Å². The maximum absolute atomic E-state index is 12.0. The molecule has 1 unspecified atom stereocenters. The number of carbonyl (C=O) groups excluding carboxylic acids is 1. The van der Waals surface area contributed by atoms with E-state index in [1.165, 1.54) is 18.7 Å². The van der Waals surface area contributed by atoms with Gasteiger partial charge in [-0.2, -0.15) is 0 Å². The summed E-state index contributed by atoms with van der Waals surface area (Å²) in [4.78, 5) is 24.8. The van der Waals surface area contributed by atoms with E-state index in [1.807, 2.05) is 0 Å². The zero-order chi connectivity index (χ0) is 14.5. The molecule has 2 heterocycles. The van der Waals surface area contributed by atoms with Crippen LogP contribution in [0.5, 0.6) is 0 Å². The molecule has 106 valence electrons. The molecule has 1 amide bonds. The largest absolute Gasteiger partial charge is 0.477 e. The number of carbonyl (C=O) groups is 2. The van der Waals surface area contributed by atoms with Gasteiger partial charge in [-0.05, 0) is 13.8 Å². The summed E-state index contributed by atoms with van der Waals surface area (Å²) in [5, 5.41) is 19.2. The van der Waals surface area contributed by atoms with Crippen LogP contribution >= 0.6 is 0 Å². The van der Waals surface area contributed by atoms with Gasteiger partial charge < -0.3 is 15.1 Å². The first-order chi connectivity index (χ1) is 8.70. The van der Waals surface area contributed by atoms with Gasteiger partial charge in [0, 0.05) is 17.1 Å². The molecule has 2 aliphatic rings. The Labute approximate surface area is 113 Å². The van der Waals surface area contributed by atoms with Gasteiger partial charge in [0.05, 0.1) is 28.4 Å². The number of aliphatic carboxylic acids is 1. The lowest BCUT2D eigenvalue weighted by Crippen LogP contribution is -2.65. The monoisotopic (exact) mass is 287 g/mol. The minimum atomic E-state index is -1.39. The van der Waals surface area contributed by atoms with Crippen molar-refractivity contribution in [2.75, 3.05) is 5.75 Å². The summed E-state index contributed by atoms with van der Waals surface area (Å²) in [7, 11) is -1.39. The van der Waals surface area contributed by atoms with Crippen LogP contribution in [0.1, 0.15) is 27.2 Å². The number of amides is 1. The Morgan fingerprint density at radius 3 is 2.53 bits per heavy atom. The Balaban J connectivity index is 2.38. The molecule has 0 saturated carbocycles. The van der Waals surface area contributed by atoms with E-state index < -0.39 is 34.2 Å². The molecule has 0 aromatic carbocycles. The molecule has 3 atom stereocenters. The molecule has 19 heavy (non-hydrogen) atoms. The highest BCUT2D eigenvalue weighted by molar-refractivity contribution is 7.89. The average molecular weight is 287 g/mol. The van der Waals surface area contributed by atoms with Crippen LogP contribution in [0.4, 0.5) is 0 Å². The highest BCUT2D eigenvalue weighted by Gasteiger charge is 2.60. The van der Waals surface area contributed by atoms with Crippen molar-refractivity contribution in [3.8, 4) is 0 Å². The highest BCUT2D eigenvalue weighted by Crippen LogP contribution is 2.47. The second-order valence-electron chi connectivity index (χ2n) is 5.32. The Hall–Kier alpha value is -1.21. The van der Waals surface area contributed by atoms with E-state index in [2.05, 4.69) is 0 Å². The Kier molecular flexibility index (Phi) is 3.30.